The van der Waals surface area contributed by atoms with Crippen LogP contribution in [0.4, 0.5) is 18.9 Å². The van der Waals surface area contributed by atoms with E-state index in [4.69, 9.17) is 11.6 Å². The summed E-state index contributed by atoms with van der Waals surface area (Å²) in [6, 6.07) is 5.47. The lowest BCUT2D eigenvalue weighted by Crippen LogP contribution is -2.38. The highest BCUT2D eigenvalue weighted by atomic mass is 35.5. The first-order valence-corrected chi connectivity index (χ1v) is 8.44. The first kappa shape index (κ1) is 19.6. The summed E-state index contributed by atoms with van der Waals surface area (Å²) in [6.45, 7) is 3.07. The van der Waals surface area contributed by atoms with Gasteiger partial charge in [-0.3, -0.25) is 9.52 Å². The summed E-state index contributed by atoms with van der Waals surface area (Å²) in [5, 5.41) is 2.52. The van der Waals surface area contributed by atoms with E-state index in [9.17, 15) is 26.4 Å². The SMILES string of the molecule is CC(C)(CCl)C(=O)NCc1ccccc1NS(=O)(=O)C(F)(F)F. The Hall–Kier alpha value is -1.48. The Morgan fingerprint density at radius 3 is 2.30 bits per heavy atom. The number of amides is 1. The van der Waals surface area contributed by atoms with Gasteiger partial charge in [0.1, 0.15) is 0 Å². The maximum atomic E-state index is 12.4. The lowest BCUT2D eigenvalue weighted by molar-refractivity contribution is -0.128. The molecule has 0 radical (unpaired) electrons. The van der Waals surface area contributed by atoms with Gasteiger partial charge < -0.3 is 5.32 Å². The zero-order chi connectivity index (χ0) is 17.9. The van der Waals surface area contributed by atoms with Crippen LogP contribution in [0.2, 0.25) is 0 Å². The Bertz CT molecular complexity index is 675. The van der Waals surface area contributed by atoms with E-state index in [1.807, 2.05) is 0 Å². The van der Waals surface area contributed by atoms with E-state index >= 15 is 0 Å². The number of nitrogens with one attached hydrogen (secondary N) is 2. The van der Waals surface area contributed by atoms with Gasteiger partial charge in [-0.05, 0) is 25.5 Å². The van der Waals surface area contributed by atoms with E-state index in [1.54, 1.807) is 13.8 Å². The average molecular weight is 373 g/mol. The van der Waals surface area contributed by atoms with Crippen molar-refractivity contribution in [1.82, 2.24) is 5.32 Å². The number of hydrogen-bond acceptors (Lipinski definition) is 3. The van der Waals surface area contributed by atoms with E-state index in [1.165, 1.54) is 29.0 Å². The first-order valence-electron chi connectivity index (χ1n) is 6.42. The van der Waals surface area contributed by atoms with Crippen molar-refractivity contribution in [2.45, 2.75) is 25.9 Å². The highest BCUT2D eigenvalue weighted by Gasteiger charge is 2.46. The Morgan fingerprint density at radius 1 is 1.22 bits per heavy atom. The van der Waals surface area contributed by atoms with Gasteiger partial charge in [0, 0.05) is 12.4 Å². The number of halogens is 4. The molecule has 1 aromatic rings. The second kappa shape index (κ2) is 6.96. The number of rotatable bonds is 6. The van der Waals surface area contributed by atoms with Crippen molar-refractivity contribution in [2.75, 3.05) is 10.6 Å². The van der Waals surface area contributed by atoms with E-state index < -0.39 is 26.9 Å². The molecule has 130 valence electrons. The summed E-state index contributed by atoms with van der Waals surface area (Å²) in [4.78, 5) is 11.9. The summed E-state index contributed by atoms with van der Waals surface area (Å²) < 4.78 is 61.1. The van der Waals surface area contributed by atoms with E-state index in [0.29, 0.717) is 0 Å². The van der Waals surface area contributed by atoms with Crippen molar-refractivity contribution < 1.29 is 26.4 Å². The van der Waals surface area contributed by atoms with Gasteiger partial charge in [0.2, 0.25) is 5.91 Å². The van der Waals surface area contributed by atoms with Gasteiger partial charge in [-0.2, -0.15) is 21.6 Å². The molecule has 0 unspecified atom stereocenters. The Kier molecular flexibility index (Phi) is 5.92. The topological polar surface area (TPSA) is 75.3 Å². The number of sulfonamides is 1. The van der Waals surface area contributed by atoms with Gasteiger partial charge in [-0.25, -0.2) is 0 Å². The highest BCUT2D eigenvalue weighted by Crippen LogP contribution is 2.27. The summed E-state index contributed by atoms with van der Waals surface area (Å²) in [5.74, 6) is -0.345. The molecule has 1 rings (SSSR count). The smallest absolute Gasteiger partial charge is 0.351 e. The van der Waals surface area contributed by atoms with Crippen LogP contribution in [0, 0.1) is 5.41 Å². The summed E-state index contributed by atoms with van der Waals surface area (Å²) in [5.41, 5.74) is -6.35. The molecular weight excluding hydrogens is 357 g/mol. The fourth-order valence-corrected chi connectivity index (χ4v) is 2.18. The molecule has 0 heterocycles. The number of benzene rings is 1. The van der Waals surface area contributed by atoms with Crippen LogP contribution in [-0.4, -0.2) is 25.7 Å². The lowest BCUT2D eigenvalue weighted by Gasteiger charge is -2.21. The summed E-state index contributed by atoms with van der Waals surface area (Å²) >= 11 is 5.66. The molecule has 0 saturated heterocycles. The third kappa shape index (κ3) is 5.00. The Balaban J connectivity index is 2.94. The molecular formula is C13H16ClF3N2O3S. The number of hydrogen-bond donors (Lipinski definition) is 2. The van der Waals surface area contributed by atoms with Crippen LogP contribution in [0.15, 0.2) is 24.3 Å². The molecule has 0 aliphatic carbocycles. The van der Waals surface area contributed by atoms with Crippen molar-refractivity contribution in [1.29, 1.82) is 0 Å². The van der Waals surface area contributed by atoms with Crippen LogP contribution in [0.25, 0.3) is 0 Å². The van der Waals surface area contributed by atoms with Crippen molar-refractivity contribution in [2.24, 2.45) is 5.41 Å². The number of para-hydroxylation sites is 1. The first-order chi connectivity index (χ1) is 10.4. The summed E-state index contributed by atoms with van der Waals surface area (Å²) in [6.07, 6.45) is 0. The zero-order valence-electron chi connectivity index (χ0n) is 12.4. The molecule has 0 spiro atoms. The zero-order valence-corrected chi connectivity index (χ0v) is 13.9. The van der Waals surface area contributed by atoms with E-state index in [2.05, 4.69) is 5.32 Å². The van der Waals surface area contributed by atoms with Gasteiger partial charge in [-0.1, -0.05) is 18.2 Å². The molecule has 23 heavy (non-hydrogen) atoms. The van der Waals surface area contributed by atoms with Gasteiger partial charge in [0.05, 0.1) is 11.1 Å². The fourth-order valence-electron chi connectivity index (χ4n) is 1.45. The largest absolute Gasteiger partial charge is 0.516 e. The normalized spacial score (nSPS) is 12.8. The molecule has 5 nitrogen and oxygen atoms in total. The monoisotopic (exact) mass is 372 g/mol. The number of anilines is 1. The second-order valence-corrected chi connectivity index (χ2v) is 7.35. The molecule has 1 amide bonds. The molecule has 0 saturated carbocycles. The minimum atomic E-state index is -5.53. The quantitative estimate of drug-likeness (QED) is 0.754. The van der Waals surface area contributed by atoms with Gasteiger partial charge in [-0.15, -0.1) is 11.6 Å². The molecule has 10 heteroatoms. The minimum absolute atomic E-state index is 0.0567. The van der Waals surface area contributed by atoms with Gasteiger partial charge in [0.15, 0.2) is 0 Å². The van der Waals surface area contributed by atoms with Crippen molar-refractivity contribution in [3.8, 4) is 0 Å². The third-order valence-electron chi connectivity index (χ3n) is 2.95. The summed E-state index contributed by atoms with van der Waals surface area (Å²) in [7, 11) is -5.53. The molecule has 0 atom stereocenters. The Morgan fingerprint density at radius 2 is 1.78 bits per heavy atom. The maximum absolute atomic E-state index is 12.4. The highest BCUT2D eigenvalue weighted by molar-refractivity contribution is 7.93. The van der Waals surface area contributed by atoms with Crippen LogP contribution in [0.1, 0.15) is 19.4 Å². The molecule has 2 N–H and O–H groups in total. The molecule has 0 fully saturated rings. The van der Waals surface area contributed by atoms with Crippen molar-refractivity contribution in [3.63, 3.8) is 0 Å². The van der Waals surface area contributed by atoms with Crippen molar-refractivity contribution >= 4 is 33.2 Å². The third-order valence-corrected chi connectivity index (χ3v) is 4.72. The number of alkyl halides is 4. The molecule has 0 aliphatic rings. The maximum Gasteiger partial charge on any atom is 0.516 e. The van der Waals surface area contributed by atoms with Crippen LogP contribution in [-0.2, 0) is 21.4 Å². The second-order valence-electron chi connectivity index (χ2n) is 5.41. The van der Waals surface area contributed by atoms with Gasteiger partial charge >= 0.3 is 15.5 Å². The minimum Gasteiger partial charge on any atom is -0.351 e. The molecule has 0 aliphatic heterocycles. The van der Waals surface area contributed by atoms with Gasteiger partial charge in [0.25, 0.3) is 0 Å². The predicted molar refractivity (Wildman–Crippen MR) is 81.4 cm³/mol. The van der Waals surface area contributed by atoms with E-state index in [0.717, 1.165) is 0 Å². The van der Waals surface area contributed by atoms with Crippen LogP contribution in [0.5, 0.6) is 0 Å². The number of carbonyl (C=O) groups excluding carboxylic acids is 1. The standard InChI is InChI=1S/C13H16ClF3N2O3S/c1-12(2,8-14)11(20)18-7-9-5-3-4-6-10(9)19-23(21,22)13(15,16)17/h3-6,19H,7-8H2,1-2H3,(H,18,20). The van der Waals surface area contributed by atoms with Crippen LogP contribution in [0.3, 0.4) is 0 Å². The molecule has 1 aromatic carbocycles. The average Bonchev–Trinajstić information content (AvgIpc) is 2.44. The van der Waals surface area contributed by atoms with E-state index in [-0.39, 0.29) is 23.7 Å². The lowest BCUT2D eigenvalue weighted by atomic mass is 9.95. The predicted octanol–water partition coefficient (Wildman–Crippen LogP) is 2.83. The molecule has 0 bridgehead atoms. The fraction of sp³-hybridized carbons (Fsp3) is 0.462. The number of carbonyl (C=O) groups is 1. The van der Waals surface area contributed by atoms with Crippen LogP contribution < -0.4 is 10.0 Å². The van der Waals surface area contributed by atoms with Crippen molar-refractivity contribution in [3.05, 3.63) is 29.8 Å². The molecule has 0 aromatic heterocycles. The Labute approximate surface area is 137 Å². The van der Waals surface area contributed by atoms with Crippen LogP contribution >= 0.6 is 11.6 Å².